The molecule has 1 rings (SSSR count). The van der Waals surface area contributed by atoms with Crippen LogP contribution in [0.1, 0.15) is 25.0 Å². The van der Waals surface area contributed by atoms with Crippen molar-refractivity contribution in [3.63, 3.8) is 0 Å². The minimum atomic E-state index is -3.23. The van der Waals surface area contributed by atoms with E-state index in [-0.39, 0.29) is 5.75 Å². The van der Waals surface area contributed by atoms with Crippen LogP contribution in [0, 0.1) is 5.92 Å². The van der Waals surface area contributed by atoms with Crippen molar-refractivity contribution in [1.82, 2.24) is 4.72 Å². The second-order valence-electron chi connectivity index (χ2n) is 4.52. The van der Waals surface area contributed by atoms with Crippen molar-refractivity contribution in [3.05, 3.63) is 35.4 Å². The van der Waals surface area contributed by atoms with Gasteiger partial charge in [-0.05, 0) is 17.0 Å². The highest BCUT2D eigenvalue weighted by atomic mass is 32.2. The van der Waals surface area contributed by atoms with E-state index in [2.05, 4.69) is 4.72 Å². The zero-order valence-corrected chi connectivity index (χ0v) is 11.1. The number of rotatable bonds is 6. The molecule has 0 spiro atoms. The predicted molar refractivity (Wildman–Crippen MR) is 69.8 cm³/mol. The maximum absolute atomic E-state index is 11.7. The fourth-order valence-corrected chi connectivity index (χ4v) is 2.66. The van der Waals surface area contributed by atoms with Gasteiger partial charge in [-0.25, -0.2) is 13.1 Å². The van der Waals surface area contributed by atoms with Crippen LogP contribution >= 0.6 is 0 Å². The maximum Gasteiger partial charge on any atom is 0.215 e. The molecule has 0 fully saturated rings. The Bertz CT molecular complexity index is 438. The molecule has 0 heterocycles. The highest BCUT2D eigenvalue weighted by Crippen LogP contribution is 2.07. The van der Waals surface area contributed by atoms with Gasteiger partial charge in [0.2, 0.25) is 10.0 Å². The van der Waals surface area contributed by atoms with Crippen molar-refractivity contribution in [2.24, 2.45) is 11.7 Å². The Kier molecular flexibility index (Phi) is 5.11. The first-order chi connectivity index (χ1) is 7.93. The predicted octanol–water partition coefficient (Wildman–Crippen LogP) is 1.22. The molecule has 3 N–H and O–H groups in total. The van der Waals surface area contributed by atoms with E-state index in [1.807, 2.05) is 26.0 Å². The average molecular weight is 256 g/mol. The van der Waals surface area contributed by atoms with Crippen molar-refractivity contribution in [1.29, 1.82) is 0 Å². The van der Waals surface area contributed by atoms with E-state index in [4.69, 9.17) is 5.73 Å². The minimum absolute atomic E-state index is 0.0184. The van der Waals surface area contributed by atoms with Gasteiger partial charge in [-0.2, -0.15) is 0 Å². The molecular weight excluding hydrogens is 236 g/mol. The van der Waals surface area contributed by atoms with Crippen LogP contribution < -0.4 is 10.5 Å². The highest BCUT2D eigenvalue weighted by Gasteiger charge is 2.11. The lowest BCUT2D eigenvalue weighted by molar-refractivity contribution is 0.559. The lowest BCUT2D eigenvalue weighted by atomic mass is 10.1. The topological polar surface area (TPSA) is 72.2 Å². The largest absolute Gasteiger partial charge is 0.326 e. The molecule has 0 aliphatic carbocycles. The van der Waals surface area contributed by atoms with Crippen molar-refractivity contribution in [3.8, 4) is 0 Å². The third-order valence-electron chi connectivity index (χ3n) is 2.33. The van der Waals surface area contributed by atoms with Crippen molar-refractivity contribution in [2.45, 2.75) is 26.1 Å². The number of hydrogen-bond donors (Lipinski definition) is 2. The molecule has 0 amide bonds. The van der Waals surface area contributed by atoms with Crippen LogP contribution in [0.3, 0.4) is 0 Å². The molecule has 1 aromatic rings. The molecule has 17 heavy (non-hydrogen) atoms. The molecular formula is C12H20N2O2S. The van der Waals surface area contributed by atoms with Crippen LogP contribution in [0.2, 0.25) is 0 Å². The monoisotopic (exact) mass is 256 g/mol. The van der Waals surface area contributed by atoms with Gasteiger partial charge in [0, 0.05) is 13.1 Å². The second kappa shape index (κ2) is 6.14. The summed E-state index contributed by atoms with van der Waals surface area (Å²) in [6.07, 6.45) is 0. The number of sulfonamides is 1. The summed E-state index contributed by atoms with van der Waals surface area (Å²) < 4.78 is 26.0. The average Bonchev–Trinajstić information content (AvgIpc) is 2.27. The number of benzene rings is 1. The van der Waals surface area contributed by atoms with Crippen molar-refractivity contribution < 1.29 is 8.42 Å². The summed E-state index contributed by atoms with van der Waals surface area (Å²) in [6.45, 7) is 4.89. The summed E-state index contributed by atoms with van der Waals surface area (Å²) in [5, 5.41) is 0. The van der Waals surface area contributed by atoms with Crippen LogP contribution in [-0.4, -0.2) is 15.0 Å². The van der Waals surface area contributed by atoms with Gasteiger partial charge in [0.15, 0.2) is 0 Å². The highest BCUT2D eigenvalue weighted by molar-refractivity contribution is 7.88. The van der Waals surface area contributed by atoms with E-state index < -0.39 is 10.0 Å². The molecule has 0 atom stereocenters. The summed E-state index contributed by atoms with van der Waals surface area (Å²) in [5.41, 5.74) is 7.26. The molecule has 0 saturated carbocycles. The van der Waals surface area contributed by atoms with Gasteiger partial charge < -0.3 is 5.73 Å². The first-order valence-electron chi connectivity index (χ1n) is 5.68. The van der Waals surface area contributed by atoms with Gasteiger partial charge in [-0.3, -0.25) is 0 Å². The standard InChI is InChI=1S/C12H20N2O2S/c1-10(2)8-14-17(15,16)9-12-5-3-11(7-13)4-6-12/h3-6,10,14H,7-9,13H2,1-2H3. The van der Waals surface area contributed by atoms with E-state index in [0.717, 1.165) is 11.1 Å². The van der Waals surface area contributed by atoms with Crippen LogP contribution in [0.4, 0.5) is 0 Å². The van der Waals surface area contributed by atoms with Crippen LogP contribution in [0.15, 0.2) is 24.3 Å². The Morgan fingerprint density at radius 3 is 2.18 bits per heavy atom. The van der Waals surface area contributed by atoms with Crippen molar-refractivity contribution >= 4 is 10.0 Å². The Hall–Kier alpha value is -0.910. The van der Waals surface area contributed by atoms with Gasteiger partial charge in [0.1, 0.15) is 0 Å². The molecule has 4 nitrogen and oxygen atoms in total. The van der Waals surface area contributed by atoms with Gasteiger partial charge in [-0.15, -0.1) is 0 Å². The molecule has 96 valence electrons. The van der Waals surface area contributed by atoms with Gasteiger partial charge in [0.25, 0.3) is 0 Å². The molecule has 0 aliphatic heterocycles. The molecule has 0 unspecified atom stereocenters. The number of hydrogen-bond acceptors (Lipinski definition) is 3. The van der Waals surface area contributed by atoms with Crippen LogP contribution in [-0.2, 0) is 22.3 Å². The van der Waals surface area contributed by atoms with E-state index in [1.165, 1.54) is 0 Å². The Labute approximate surface area is 103 Å². The summed E-state index contributed by atoms with van der Waals surface area (Å²) >= 11 is 0. The van der Waals surface area contributed by atoms with Gasteiger partial charge in [0.05, 0.1) is 5.75 Å². The molecule has 0 bridgehead atoms. The molecule has 5 heteroatoms. The number of nitrogens with two attached hydrogens (primary N) is 1. The molecule has 0 aromatic heterocycles. The summed E-state index contributed by atoms with van der Waals surface area (Å²) in [4.78, 5) is 0. The lowest BCUT2D eigenvalue weighted by Crippen LogP contribution is -2.28. The van der Waals surface area contributed by atoms with Crippen LogP contribution in [0.5, 0.6) is 0 Å². The Morgan fingerprint density at radius 1 is 1.18 bits per heavy atom. The molecule has 1 aromatic carbocycles. The zero-order valence-electron chi connectivity index (χ0n) is 10.3. The number of nitrogens with one attached hydrogen (secondary N) is 1. The zero-order chi connectivity index (χ0) is 12.9. The molecule has 0 aliphatic rings. The summed E-state index contributed by atoms with van der Waals surface area (Å²) in [5.74, 6) is 0.328. The van der Waals surface area contributed by atoms with E-state index in [9.17, 15) is 8.42 Å². The third-order valence-corrected chi connectivity index (χ3v) is 3.65. The Morgan fingerprint density at radius 2 is 1.71 bits per heavy atom. The molecule has 0 saturated heterocycles. The molecule has 0 radical (unpaired) electrons. The van der Waals surface area contributed by atoms with E-state index in [1.54, 1.807) is 12.1 Å². The summed E-state index contributed by atoms with van der Waals surface area (Å²) in [7, 11) is -3.23. The van der Waals surface area contributed by atoms with E-state index in [0.29, 0.717) is 19.0 Å². The second-order valence-corrected chi connectivity index (χ2v) is 6.33. The first-order valence-corrected chi connectivity index (χ1v) is 7.33. The lowest BCUT2D eigenvalue weighted by Gasteiger charge is -2.09. The summed E-state index contributed by atoms with van der Waals surface area (Å²) in [6, 6.07) is 7.31. The van der Waals surface area contributed by atoms with Crippen molar-refractivity contribution in [2.75, 3.05) is 6.54 Å². The Balaban J connectivity index is 2.63. The maximum atomic E-state index is 11.7. The van der Waals surface area contributed by atoms with E-state index >= 15 is 0 Å². The SMILES string of the molecule is CC(C)CNS(=O)(=O)Cc1ccc(CN)cc1. The fraction of sp³-hybridized carbons (Fsp3) is 0.500. The smallest absolute Gasteiger partial charge is 0.215 e. The quantitative estimate of drug-likeness (QED) is 0.804. The fourth-order valence-electron chi connectivity index (χ4n) is 1.34. The van der Waals surface area contributed by atoms with Gasteiger partial charge >= 0.3 is 0 Å². The third kappa shape index (κ3) is 5.30. The van der Waals surface area contributed by atoms with Crippen LogP contribution in [0.25, 0.3) is 0 Å². The normalized spacial score (nSPS) is 12.0. The first kappa shape index (κ1) is 14.2. The minimum Gasteiger partial charge on any atom is -0.326 e. The van der Waals surface area contributed by atoms with Gasteiger partial charge in [-0.1, -0.05) is 38.1 Å².